The molecule has 0 aliphatic carbocycles. The fourth-order valence-corrected chi connectivity index (χ4v) is 1.51. The van der Waals surface area contributed by atoms with Crippen molar-refractivity contribution >= 4 is 29.1 Å². The third-order valence-corrected chi connectivity index (χ3v) is 2.99. The summed E-state index contributed by atoms with van der Waals surface area (Å²) in [6, 6.07) is 6.87. The summed E-state index contributed by atoms with van der Waals surface area (Å²) in [5.74, 6) is -0.779. The molecule has 0 heterocycles. The molecule has 4 nitrogen and oxygen atoms in total. The lowest BCUT2D eigenvalue weighted by Gasteiger charge is -2.22. The third kappa shape index (κ3) is 3.83. The average molecular weight is 281 g/mol. The standard InChI is InChI=1S/C14H17ClN2O2/c1-4-9-16-12(18)14(2,3)13(19)17-11-8-6-5-7-10(11)15/h4-8H,1,9H2,2-3H3,(H,16,18)(H,17,19). The molecule has 1 aromatic carbocycles. The summed E-state index contributed by atoms with van der Waals surface area (Å²) in [5, 5.41) is 5.68. The predicted octanol–water partition coefficient (Wildman–Crippen LogP) is 2.61. The van der Waals surface area contributed by atoms with Crippen LogP contribution in [-0.4, -0.2) is 18.4 Å². The van der Waals surface area contributed by atoms with Crippen LogP contribution >= 0.6 is 11.6 Å². The fourth-order valence-electron chi connectivity index (χ4n) is 1.33. The number of hydrogen-bond acceptors (Lipinski definition) is 2. The Morgan fingerprint density at radius 3 is 2.53 bits per heavy atom. The minimum atomic E-state index is -1.19. The third-order valence-electron chi connectivity index (χ3n) is 2.66. The SMILES string of the molecule is C=CCNC(=O)C(C)(C)C(=O)Nc1ccccc1Cl. The topological polar surface area (TPSA) is 58.2 Å². The molecule has 0 saturated carbocycles. The molecule has 1 aromatic rings. The van der Waals surface area contributed by atoms with Crippen molar-refractivity contribution in [2.45, 2.75) is 13.8 Å². The van der Waals surface area contributed by atoms with Gasteiger partial charge in [-0.15, -0.1) is 6.58 Å². The zero-order valence-corrected chi connectivity index (χ0v) is 11.8. The van der Waals surface area contributed by atoms with Crippen LogP contribution in [0.2, 0.25) is 5.02 Å². The van der Waals surface area contributed by atoms with Gasteiger partial charge in [0, 0.05) is 6.54 Å². The quantitative estimate of drug-likeness (QED) is 0.643. The van der Waals surface area contributed by atoms with E-state index in [2.05, 4.69) is 17.2 Å². The first-order valence-electron chi connectivity index (χ1n) is 5.84. The monoisotopic (exact) mass is 280 g/mol. The van der Waals surface area contributed by atoms with Gasteiger partial charge in [-0.25, -0.2) is 0 Å². The molecule has 1 rings (SSSR count). The van der Waals surface area contributed by atoms with E-state index in [0.29, 0.717) is 17.3 Å². The first-order valence-corrected chi connectivity index (χ1v) is 6.22. The molecule has 0 fully saturated rings. The summed E-state index contributed by atoms with van der Waals surface area (Å²) in [5.41, 5.74) is -0.707. The van der Waals surface area contributed by atoms with Crippen molar-refractivity contribution in [1.82, 2.24) is 5.32 Å². The van der Waals surface area contributed by atoms with Gasteiger partial charge < -0.3 is 10.6 Å². The summed E-state index contributed by atoms with van der Waals surface area (Å²) >= 11 is 5.95. The molecule has 0 bridgehead atoms. The fraction of sp³-hybridized carbons (Fsp3) is 0.286. The maximum Gasteiger partial charge on any atom is 0.239 e. The highest BCUT2D eigenvalue weighted by atomic mass is 35.5. The highest BCUT2D eigenvalue weighted by Gasteiger charge is 2.35. The maximum atomic E-state index is 12.1. The molecular formula is C14H17ClN2O2. The van der Waals surface area contributed by atoms with Crippen molar-refractivity contribution in [2.24, 2.45) is 5.41 Å². The number of hydrogen-bond donors (Lipinski definition) is 2. The second kappa shape index (κ2) is 6.38. The van der Waals surface area contributed by atoms with E-state index >= 15 is 0 Å². The lowest BCUT2D eigenvalue weighted by molar-refractivity contribution is -0.138. The number of anilines is 1. The number of amides is 2. The largest absolute Gasteiger partial charge is 0.352 e. The number of carbonyl (C=O) groups excluding carboxylic acids is 2. The van der Waals surface area contributed by atoms with E-state index in [9.17, 15) is 9.59 Å². The molecule has 0 aliphatic heterocycles. The molecule has 102 valence electrons. The van der Waals surface area contributed by atoms with Gasteiger partial charge in [-0.2, -0.15) is 0 Å². The Morgan fingerprint density at radius 2 is 1.95 bits per heavy atom. The van der Waals surface area contributed by atoms with Gasteiger partial charge in [0.25, 0.3) is 0 Å². The lowest BCUT2D eigenvalue weighted by Crippen LogP contribution is -2.45. The lowest BCUT2D eigenvalue weighted by atomic mass is 9.91. The number of para-hydroxylation sites is 1. The molecule has 0 atom stereocenters. The van der Waals surface area contributed by atoms with Crippen molar-refractivity contribution < 1.29 is 9.59 Å². The van der Waals surface area contributed by atoms with Crippen LogP contribution in [-0.2, 0) is 9.59 Å². The van der Waals surface area contributed by atoms with Gasteiger partial charge >= 0.3 is 0 Å². The van der Waals surface area contributed by atoms with Crippen LogP contribution in [0.25, 0.3) is 0 Å². The first-order chi connectivity index (χ1) is 8.89. The molecular weight excluding hydrogens is 264 g/mol. The maximum absolute atomic E-state index is 12.1. The molecule has 2 N–H and O–H groups in total. The number of nitrogens with one attached hydrogen (secondary N) is 2. The van der Waals surface area contributed by atoms with E-state index in [4.69, 9.17) is 11.6 Å². The summed E-state index contributed by atoms with van der Waals surface area (Å²) < 4.78 is 0. The Kier molecular flexibility index (Phi) is 5.12. The second-order valence-corrected chi connectivity index (χ2v) is 4.96. The molecule has 0 radical (unpaired) electrons. The number of rotatable bonds is 5. The van der Waals surface area contributed by atoms with Crippen LogP contribution in [0.4, 0.5) is 5.69 Å². The van der Waals surface area contributed by atoms with Crippen LogP contribution < -0.4 is 10.6 Å². The minimum Gasteiger partial charge on any atom is -0.352 e. The molecule has 0 aliphatic rings. The van der Waals surface area contributed by atoms with Gasteiger partial charge in [-0.1, -0.05) is 29.8 Å². The van der Waals surface area contributed by atoms with E-state index in [1.165, 1.54) is 0 Å². The van der Waals surface area contributed by atoms with Crippen LogP contribution in [0.5, 0.6) is 0 Å². The number of halogens is 1. The minimum absolute atomic E-state index is 0.321. The highest BCUT2D eigenvalue weighted by molar-refractivity contribution is 6.33. The van der Waals surface area contributed by atoms with E-state index < -0.39 is 11.3 Å². The Labute approximate surface area is 117 Å². The Bertz CT molecular complexity index is 498. The van der Waals surface area contributed by atoms with E-state index in [0.717, 1.165) is 0 Å². The van der Waals surface area contributed by atoms with Crippen LogP contribution in [0, 0.1) is 5.41 Å². The number of carbonyl (C=O) groups is 2. The van der Waals surface area contributed by atoms with Crippen molar-refractivity contribution in [3.8, 4) is 0 Å². The first kappa shape index (κ1) is 15.2. The zero-order valence-electron chi connectivity index (χ0n) is 11.0. The van der Waals surface area contributed by atoms with Crippen LogP contribution in [0.3, 0.4) is 0 Å². The highest BCUT2D eigenvalue weighted by Crippen LogP contribution is 2.24. The Balaban J connectivity index is 2.79. The van der Waals surface area contributed by atoms with Gasteiger partial charge in [0.2, 0.25) is 11.8 Å². The van der Waals surface area contributed by atoms with Crippen molar-refractivity contribution in [1.29, 1.82) is 0 Å². The van der Waals surface area contributed by atoms with Crippen molar-refractivity contribution in [3.63, 3.8) is 0 Å². The summed E-state index contributed by atoms with van der Waals surface area (Å²) in [6.45, 7) is 6.93. The smallest absolute Gasteiger partial charge is 0.239 e. The molecule has 0 saturated heterocycles. The van der Waals surface area contributed by atoms with Gasteiger partial charge in [-0.05, 0) is 26.0 Å². The second-order valence-electron chi connectivity index (χ2n) is 4.56. The van der Waals surface area contributed by atoms with Crippen LogP contribution in [0.15, 0.2) is 36.9 Å². The van der Waals surface area contributed by atoms with E-state index in [1.807, 2.05) is 0 Å². The molecule has 0 spiro atoms. The average Bonchev–Trinajstić information content (AvgIpc) is 2.38. The van der Waals surface area contributed by atoms with E-state index in [1.54, 1.807) is 44.2 Å². The molecule has 0 unspecified atom stereocenters. The molecule has 19 heavy (non-hydrogen) atoms. The summed E-state index contributed by atoms with van der Waals surface area (Å²) in [6.07, 6.45) is 1.56. The van der Waals surface area contributed by atoms with E-state index in [-0.39, 0.29) is 5.91 Å². The van der Waals surface area contributed by atoms with Crippen molar-refractivity contribution in [2.75, 3.05) is 11.9 Å². The van der Waals surface area contributed by atoms with Gasteiger partial charge in [0.15, 0.2) is 0 Å². The van der Waals surface area contributed by atoms with Gasteiger partial charge in [-0.3, -0.25) is 9.59 Å². The predicted molar refractivity (Wildman–Crippen MR) is 77.1 cm³/mol. The van der Waals surface area contributed by atoms with Crippen molar-refractivity contribution in [3.05, 3.63) is 41.9 Å². The molecule has 2 amide bonds. The summed E-state index contributed by atoms with van der Waals surface area (Å²) in [4.78, 5) is 24.0. The van der Waals surface area contributed by atoms with Gasteiger partial charge in [0.1, 0.15) is 5.41 Å². The Hall–Kier alpha value is -1.81. The summed E-state index contributed by atoms with van der Waals surface area (Å²) in [7, 11) is 0. The normalized spacial score (nSPS) is 10.7. The Morgan fingerprint density at radius 1 is 1.32 bits per heavy atom. The molecule has 5 heteroatoms. The van der Waals surface area contributed by atoms with Gasteiger partial charge in [0.05, 0.1) is 10.7 Å². The molecule has 0 aromatic heterocycles. The number of benzene rings is 1. The van der Waals surface area contributed by atoms with Crippen LogP contribution in [0.1, 0.15) is 13.8 Å². The zero-order chi connectivity index (χ0) is 14.5.